The van der Waals surface area contributed by atoms with Gasteiger partial charge in [0.1, 0.15) is 0 Å². The van der Waals surface area contributed by atoms with Gasteiger partial charge in [-0.05, 0) is 6.92 Å². The average Bonchev–Trinajstić information content (AvgIpc) is 2.30. The minimum absolute atomic E-state index is 0.133. The summed E-state index contributed by atoms with van der Waals surface area (Å²) in [7, 11) is 2.65. The van der Waals surface area contributed by atoms with E-state index in [1.54, 1.807) is 6.92 Å². The van der Waals surface area contributed by atoms with Crippen molar-refractivity contribution >= 4 is 29.6 Å². The van der Waals surface area contributed by atoms with E-state index in [9.17, 15) is 14.4 Å². The minimum Gasteiger partial charge on any atom is -0.448 e. The van der Waals surface area contributed by atoms with Gasteiger partial charge in [0.05, 0.1) is 20.7 Å². The third-order valence-electron chi connectivity index (χ3n) is 2.16. The van der Waals surface area contributed by atoms with Gasteiger partial charge in [0.25, 0.3) is 5.84 Å². The van der Waals surface area contributed by atoms with Crippen molar-refractivity contribution in [1.29, 1.82) is 0 Å². The molecule has 0 aromatic rings. The van der Waals surface area contributed by atoms with Gasteiger partial charge in [-0.15, -0.1) is 0 Å². The van der Waals surface area contributed by atoms with Gasteiger partial charge in [-0.3, -0.25) is 0 Å². The second-order valence-electron chi connectivity index (χ2n) is 3.25. The predicted octanol–water partition coefficient (Wildman–Crippen LogP) is -0.825. The summed E-state index contributed by atoms with van der Waals surface area (Å²) in [5, 5.41) is 0. The van der Waals surface area contributed by atoms with E-state index in [1.807, 2.05) is 0 Å². The molecule has 8 nitrogen and oxygen atoms in total. The molecule has 4 amide bonds. The Kier molecular flexibility index (Phi) is 3.56. The third kappa shape index (κ3) is 2.30. The SMILES string of the molecule is CCOC(=O)N=C1C(=O)N(C)C(=O)[N+](C)=C1N. The van der Waals surface area contributed by atoms with E-state index in [4.69, 9.17) is 5.73 Å². The van der Waals surface area contributed by atoms with E-state index in [2.05, 4.69) is 9.73 Å². The lowest BCUT2D eigenvalue weighted by atomic mass is 10.2. The van der Waals surface area contributed by atoms with Crippen molar-refractivity contribution in [2.24, 2.45) is 10.7 Å². The van der Waals surface area contributed by atoms with E-state index in [1.165, 1.54) is 14.1 Å². The highest BCUT2D eigenvalue weighted by molar-refractivity contribution is 6.67. The quantitative estimate of drug-likeness (QED) is 0.603. The fourth-order valence-corrected chi connectivity index (χ4v) is 1.19. The molecular formula is C9H13N4O4+. The highest BCUT2D eigenvalue weighted by atomic mass is 16.5. The van der Waals surface area contributed by atoms with E-state index in [0.717, 1.165) is 9.48 Å². The summed E-state index contributed by atoms with van der Waals surface area (Å²) in [4.78, 5) is 38.5. The zero-order valence-corrected chi connectivity index (χ0v) is 9.76. The fourth-order valence-electron chi connectivity index (χ4n) is 1.19. The first-order valence-corrected chi connectivity index (χ1v) is 4.84. The molecule has 17 heavy (non-hydrogen) atoms. The first kappa shape index (κ1) is 12.8. The summed E-state index contributed by atoms with van der Waals surface area (Å²) < 4.78 is 5.60. The van der Waals surface area contributed by atoms with Crippen LogP contribution in [-0.4, -0.2) is 59.8 Å². The number of hydrogen-bond donors (Lipinski definition) is 1. The van der Waals surface area contributed by atoms with Crippen LogP contribution in [0.1, 0.15) is 6.92 Å². The number of amidine groups is 1. The zero-order valence-electron chi connectivity index (χ0n) is 9.76. The molecule has 0 radical (unpaired) electrons. The largest absolute Gasteiger partial charge is 0.448 e. The van der Waals surface area contributed by atoms with Crippen LogP contribution in [0.25, 0.3) is 0 Å². The maximum absolute atomic E-state index is 11.7. The molecule has 1 rings (SSSR count). The molecule has 1 aliphatic heterocycles. The molecule has 92 valence electrons. The molecule has 0 unspecified atom stereocenters. The van der Waals surface area contributed by atoms with Crippen LogP contribution in [0.15, 0.2) is 4.99 Å². The monoisotopic (exact) mass is 241 g/mol. The van der Waals surface area contributed by atoms with Crippen LogP contribution in [0, 0.1) is 0 Å². The summed E-state index contributed by atoms with van der Waals surface area (Å²) >= 11 is 0. The number of ether oxygens (including phenoxy) is 1. The summed E-state index contributed by atoms with van der Waals surface area (Å²) in [6.45, 7) is 1.74. The molecule has 0 bridgehead atoms. The van der Waals surface area contributed by atoms with Gasteiger partial charge in [-0.2, -0.15) is 14.5 Å². The fraction of sp³-hybridized carbons (Fsp3) is 0.444. The predicted molar refractivity (Wildman–Crippen MR) is 58.0 cm³/mol. The van der Waals surface area contributed by atoms with Crippen molar-refractivity contribution in [3.05, 3.63) is 0 Å². The van der Waals surface area contributed by atoms with Crippen LogP contribution >= 0.6 is 0 Å². The van der Waals surface area contributed by atoms with Crippen molar-refractivity contribution in [3.63, 3.8) is 0 Å². The van der Waals surface area contributed by atoms with Gasteiger partial charge in [0, 0.05) is 0 Å². The third-order valence-corrected chi connectivity index (χ3v) is 2.16. The van der Waals surface area contributed by atoms with Gasteiger partial charge in [0.2, 0.25) is 5.71 Å². The van der Waals surface area contributed by atoms with Crippen LogP contribution in [0.3, 0.4) is 0 Å². The molecule has 0 fully saturated rings. The number of amides is 4. The lowest BCUT2D eigenvalue weighted by Crippen LogP contribution is -2.55. The Labute approximate surface area is 97.4 Å². The topological polar surface area (TPSA) is 105 Å². The Balaban J connectivity index is 3.19. The molecule has 0 saturated heterocycles. The number of nitrogens with zero attached hydrogens (tertiary/aromatic N) is 3. The molecule has 1 aliphatic rings. The van der Waals surface area contributed by atoms with E-state index in [0.29, 0.717) is 0 Å². The van der Waals surface area contributed by atoms with Gasteiger partial charge in [-0.25, -0.2) is 14.4 Å². The molecule has 2 N–H and O–H groups in total. The second kappa shape index (κ2) is 4.73. The summed E-state index contributed by atoms with van der Waals surface area (Å²) in [5.41, 5.74) is 5.25. The maximum Gasteiger partial charge on any atom is 0.445 e. The van der Waals surface area contributed by atoms with Crippen molar-refractivity contribution in [3.8, 4) is 0 Å². The number of imide groups is 1. The summed E-state index contributed by atoms with van der Waals surface area (Å²) in [6.07, 6.45) is -0.921. The summed E-state index contributed by atoms with van der Waals surface area (Å²) in [6, 6.07) is -0.588. The normalized spacial score (nSPS) is 19.0. The molecule has 8 heteroatoms. The number of carbonyl (C=O) groups is 3. The van der Waals surface area contributed by atoms with Crippen molar-refractivity contribution in [2.75, 3.05) is 20.7 Å². The summed E-state index contributed by atoms with van der Waals surface area (Å²) in [5.74, 6) is -0.912. The Morgan fingerprint density at radius 1 is 1.53 bits per heavy atom. The Bertz CT molecular complexity index is 452. The van der Waals surface area contributed by atoms with Gasteiger partial charge in [0.15, 0.2) is 0 Å². The Morgan fingerprint density at radius 3 is 2.65 bits per heavy atom. The van der Waals surface area contributed by atoms with Crippen LogP contribution in [-0.2, 0) is 9.53 Å². The number of hydrogen-bond acceptors (Lipinski definition) is 5. The van der Waals surface area contributed by atoms with Crippen LogP contribution in [0.4, 0.5) is 9.59 Å². The second-order valence-corrected chi connectivity index (χ2v) is 3.25. The first-order valence-electron chi connectivity index (χ1n) is 4.84. The smallest absolute Gasteiger partial charge is 0.445 e. The highest BCUT2D eigenvalue weighted by Crippen LogP contribution is 2.01. The first-order chi connectivity index (χ1) is 7.90. The number of rotatable bonds is 1. The average molecular weight is 241 g/mol. The lowest BCUT2D eigenvalue weighted by molar-refractivity contribution is -0.401. The molecular weight excluding hydrogens is 228 g/mol. The van der Waals surface area contributed by atoms with Gasteiger partial charge in [-0.1, -0.05) is 0 Å². The van der Waals surface area contributed by atoms with E-state index in [-0.39, 0.29) is 18.2 Å². The maximum atomic E-state index is 11.7. The number of carbonyl (C=O) groups excluding carboxylic acids is 3. The standard InChI is InChI=1S/C9H12N4O4/c1-4-17-8(15)11-5-6(10)12(2)9(16)13(3)7(5)14/h10H,4H2,1-3H3/p+1. The molecule has 0 spiro atoms. The van der Waals surface area contributed by atoms with Gasteiger partial charge < -0.3 is 10.5 Å². The molecule has 0 atom stereocenters. The van der Waals surface area contributed by atoms with Crippen LogP contribution < -0.4 is 5.73 Å². The molecule has 0 aliphatic carbocycles. The van der Waals surface area contributed by atoms with Crippen molar-refractivity contribution in [2.45, 2.75) is 6.92 Å². The Hall–Kier alpha value is -2.25. The van der Waals surface area contributed by atoms with Crippen molar-refractivity contribution < 1.29 is 23.7 Å². The van der Waals surface area contributed by atoms with Gasteiger partial charge >= 0.3 is 18.0 Å². The molecule has 0 aromatic carbocycles. The number of nitrogens with two attached hydrogens (primary N) is 1. The minimum atomic E-state index is -0.921. The van der Waals surface area contributed by atoms with Crippen LogP contribution in [0.2, 0.25) is 0 Å². The molecule has 0 aromatic heterocycles. The van der Waals surface area contributed by atoms with E-state index >= 15 is 0 Å². The van der Waals surface area contributed by atoms with Crippen LogP contribution in [0.5, 0.6) is 0 Å². The molecule has 0 saturated carbocycles. The number of urea groups is 1. The Morgan fingerprint density at radius 2 is 2.12 bits per heavy atom. The number of aliphatic imine (C=N–C) groups is 1. The highest BCUT2D eigenvalue weighted by Gasteiger charge is 2.39. The zero-order chi connectivity index (χ0) is 13.2. The lowest BCUT2D eigenvalue weighted by Gasteiger charge is -2.17. The van der Waals surface area contributed by atoms with Crippen molar-refractivity contribution in [1.82, 2.24) is 4.90 Å². The van der Waals surface area contributed by atoms with E-state index < -0.39 is 18.0 Å². The molecule has 1 heterocycles.